The summed E-state index contributed by atoms with van der Waals surface area (Å²) in [6.07, 6.45) is -2.53. The lowest BCUT2D eigenvalue weighted by Gasteiger charge is -2.15. The van der Waals surface area contributed by atoms with E-state index >= 15 is 0 Å². The normalized spacial score (nSPS) is 18.9. The molecular formula is C8H13F3N2O2. The largest absolute Gasteiger partial charge is 0.411 e. The molecule has 0 saturated heterocycles. The molecule has 1 atom stereocenters. The van der Waals surface area contributed by atoms with Crippen LogP contribution < -0.4 is 11.1 Å². The highest BCUT2D eigenvalue weighted by molar-refractivity contribution is 5.80. The van der Waals surface area contributed by atoms with Gasteiger partial charge >= 0.3 is 6.18 Å². The summed E-state index contributed by atoms with van der Waals surface area (Å²) in [4.78, 5) is 10.8. The zero-order valence-corrected chi connectivity index (χ0v) is 8.01. The van der Waals surface area contributed by atoms with Gasteiger partial charge in [0.1, 0.15) is 12.6 Å². The molecule has 1 rings (SSSR count). The molecular weight excluding hydrogens is 213 g/mol. The topological polar surface area (TPSA) is 64.4 Å². The first-order valence-corrected chi connectivity index (χ1v) is 4.58. The Hall–Kier alpha value is -0.820. The Morgan fingerprint density at radius 3 is 2.53 bits per heavy atom. The Morgan fingerprint density at radius 1 is 1.53 bits per heavy atom. The van der Waals surface area contributed by atoms with E-state index in [4.69, 9.17) is 5.73 Å². The van der Waals surface area contributed by atoms with Gasteiger partial charge in [-0.1, -0.05) is 0 Å². The Morgan fingerprint density at radius 2 is 2.13 bits per heavy atom. The third-order valence-corrected chi connectivity index (χ3v) is 1.91. The third-order valence-electron chi connectivity index (χ3n) is 1.91. The molecule has 4 nitrogen and oxygen atoms in total. The van der Waals surface area contributed by atoms with Crippen molar-refractivity contribution in [3.8, 4) is 0 Å². The maximum Gasteiger partial charge on any atom is 0.411 e. The average Bonchev–Trinajstić information content (AvgIpc) is 2.83. The van der Waals surface area contributed by atoms with E-state index in [-0.39, 0.29) is 12.6 Å². The number of hydrogen-bond donors (Lipinski definition) is 2. The maximum absolute atomic E-state index is 11.7. The molecule has 7 heteroatoms. The van der Waals surface area contributed by atoms with Crippen molar-refractivity contribution in [1.29, 1.82) is 0 Å². The maximum atomic E-state index is 11.7. The molecule has 0 radical (unpaired) electrons. The van der Waals surface area contributed by atoms with Crippen LogP contribution in [0, 0.1) is 0 Å². The van der Waals surface area contributed by atoms with Crippen LogP contribution in [-0.2, 0) is 9.53 Å². The van der Waals surface area contributed by atoms with Gasteiger partial charge in [0.25, 0.3) is 0 Å². The number of primary amides is 1. The standard InChI is InChI=1S/C8H13F3N2O2/c9-8(10,11)4-15-3-6(7(12)14)13-5-1-2-5/h5-6,13H,1-4H2,(H2,12,14). The third kappa shape index (κ3) is 5.58. The molecule has 1 fully saturated rings. The molecule has 1 aliphatic rings. The summed E-state index contributed by atoms with van der Waals surface area (Å²) in [5.74, 6) is -0.691. The highest BCUT2D eigenvalue weighted by Gasteiger charge is 2.30. The van der Waals surface area contributed by atoms with Gasteiger partial charge in [-0.15, -0.1) is 0 Å². The van der Waals surface area contributed by atoms with Gasteiger partial charge in [-0.05, 0) is 12.8 Å². The van der Waals surface area contributed by atoms with Crippen LogP contribution in [0.5, 0.6) is 0 Å². The fourth-order valence-corrected chi connectivity index (χ4v) is 1.04. The molecule has 0 aromatic carbocycles. The van der Waals surface area contributed by atoms with Crippen LogP contribution in [0.15, 0.2) is 0 Å². The number of ether oxygens (including phenoxy) is 1. The number of carbonyl (C=O) groups is 1. The summed E-state index contributed by atoms with van der Waals surface area (Å²) < 4.78 is 39.5. The number of alkyl halides is 3. The highest BCUT2D eigenvalue weighted by Crippen LogP contribution is 2.19. The first kappa shape index (κ1) is 12.3. The molecule has 0 spiro atoms. The molecule has 0 aromatic heterocycles. The number of amides is 1. The number of nitrogens with two attached hydrogens (primary N) is 1. The molecule has 1 saturated carbocycles. The smallest absolute Gasteiger partial charge is 0.370 e. The van der Waals surface area contributed by atoms with Crippen LogP contribution in [-0.4, -0.2) is 37.4 Å². The van der Waals surface area contributed by atoms with Crippen molar-refractivity contribution in [2.45, 2.75) is 31.1 Å². The minimum atomic E-state index is -4.37. The summed E-state index contributed by atoms with van der Waals surface area (Å²) in [6.45, 7) is -1.70. The first-order chi connectivity index (χ1) is 6.88. The molecule has 88 valence electrons. The SMILES string of the molecule is NC(=O)C(COCC(F)(F)F)NC1CC1. The minimum absolute atomic E-state index is 0.192. The predicted octanol–water partition coefficient (Wildman–Crippen LogP) is 0.171. The lowest BCUT2D eigenvalue weighted by Crippen LogP contribution is -2.46. The van der Waals surface area contributed by atoms with Gasteiger partial charge in [0, 0.05) is 6.04 Å². The van der Waals surface area contributed by atoms with E-state index in [1.165, 1.54) is 0 Å². The molecule has 1 amide bonds. The van der Waals surface area contributed by atoms with Crippen LogP contribution in [0.25, 0.3) is 0 Å². The van der Waals surface area contributed by atoms with E-state index in [9.17, 15) is 18.0 Å². The fourth-order valence-electron chi connectivity index (χ4n) is 1.04. The lowest BCUT2D eigenvalue weighted by atomic mass is 10.3. The molecule has 0 aliphatic heterocycles. The second kappa shape index (κ2) is 4.80. The minimum Gasteiger partial charge on any atom is -0.370 e. The van der Waals surface area contributed by atoms with Gasteiger partial charge in [0.05, 0.1) is 6.61 Å². The predicted molar refractivity (Wildman–Crippen MR) is 46.0 cm³/mol. The van der Waals surface area contributed by atoms with Crippen molar-refractivity contribution in [3.05, 3.63) is 0 Å². The molecule has 1 unspecified atom stereocenters. The van der Waals surface area contributed by atoms with Crippen LogP contribution in [0.4, 0.5) is 13.2 Å². The number of carbonyl (C=O) groups excluding carboxylic acids is 1. The van der Waals surface area contributed by atoms with Crippen molar-refractivity contribution in [3.63, 3.8) is 0 Å². The summed E-state index contributed by atoms with van der Waals surface area (Å²) >= 11 is 0. The van der Waals surface area contributed by atoms with Crippen molar-refractivity contribution >= 4 is 5.91 Å². The van der Waals surface area contributed by atoms with E-state index in [2.05, 4.69) is 10.1 Å². The van der Waals surface area contributed by atoms with Crippen LogP contribution in [0.3, 0.4) is 0 Å². The van der Waals surface area contributed by atoms with Gasteiger partial charge in [0.2, 0.25) is 5.91 Å². The van der Waals surface area contributed by atoms with Crippen LogP contribution in [0.2, 0.25) is 0 Å². The van der Waals surface area contributed by atoms with Crippen LogP contribution in [0.1, 0.15) is 12.8 Å². The summed E-state index contributed by atoms with van der Waals surface area (Å²) in [7, 11) is 0. The summed E-state index contributed by atoms with van der Waals surface area (Å²) in [6, 6.07) is -0.642. The van der Waals surface area contributed by atoms with Crippen molar-refractivity contribution < 1.29 is 22.7 Å². The number of nitrogens with one attached hydrogen (secondary N) is 1. The van der Waals surface area contributed by atoms with Gasteiger partial charge in [0.15, 0.2) is 0 Å². The van der Waals surface area contributed by atoms with Gasteiger partial charge < -0.3 is 15.8 Å². The van der Waals surface area contributed by atoms with E-state index in [1.807, 2.05) is 0 Å². The van der Waals surface area contributed by atoms with E-state index in [0.717, 1.165) is 12.8 Å². The highest BCUT2D eigenvalue weighted by atomic mass is 19.4. The monoisotopic (exact) mass is 226 g/mol. The summed E-state index contributed by atoms with van der Waals surface area (Å²) in [5, 5.41) is 2.81. The average molecular weight is 226 g/mol. The molecule has 3 N–H and O–H groups in total. The zero-order valence-electron chi connectivity index (χ0n) is 8.01. The van der Waals surface area contributed by atoms with E-state index in [0.29, 0.717) is 0 Å². The zero-order chi connectivity index (χ0) is 11.5. The Labute approximate surface area is 84.9 Å². The molecule has 0 aromatic rings. The van der Waals surface area contributed by atoms with Crippen molar-refractivity contribution in [1.82, 2.24) is 5.32 Å². The molecule has 0 bridgehead atoms. The fraction of sp³-hybridized carbons (Fsp3) is 0.875. The number of rotatable bonds is 6. The van der Waals surface area contributed by atoms with Crippen molar-refractivity contribution in [2.24, 2.45) is 5.73 Å². The Balaban J connectivity index is 2.22. The van der Waals surface area contributed by atoms with E-state index < -0.39 is 24.7 Å². The molecule has 0 heterocycles. The first-order valence-electron chi connectivity index (χ1n) is 4.58. The second-order valence-corrected chi connectivity index (χ2v) is 3.53. The molecule has 1 aliphatic carbocycles. The number of hydrogen-bond acceptors (Lipinski definition) is 3. The Bertz CT molecular complexity index is 228. The second-order valence-electron chi connectivity index (χ2n) is 3.53. The quantitative estimate of drug-likeness (QED) is 0.678. The summed E-state index contributed by atoms with van der Waals surface area (Å²) in [5.41, 5.74) is 5.00. The van der Waals surface area contributed by atoms with Gasteiger partial charge in [-0.25, -0.2) is 0 Å². The molecule has 15 heavy (non-hydrogen) atoms. The Kier molecular flexibility index (Phi) is 3.92. The lowest BCUT2D eigenvalue weighted by molar-refractivity contribution is -0.176. The van der Waals surface area contributed by atoms with Gasteiger partial charge in [-0.3, -0.25) is 4.79 Å². The van der Waals surface area contributed by atoms with E-state index in [1.54, 1.807) is 0 Å². The van der Waals surface area contributed by atoms with Crippen LogP contribution >= 0.6 is 0 Å². The van der Waals surface area contributed by atoms with Gasteiger partial charge in [-0.2, -0.15) is 13.2 Å². The van der Waals surface area contributed by atoms with Crippen molar-refractivity contribution in [2.75, 3.05) is 13.2 Å². The number of halogens is 3.